The average Bonchev–Trinajstić information content (AvgIpc) is 2.39. The van der Waals surface area contributed by atoms with Crippen molar-refractivity contribution in [2.75, 3.05) is 13.1 Å². The molecule has 1 rings (SSSR count). The van der Waals surface area contributed by atoms with E-state index in [9.17, 15) is 13.2 Å². The first kappa shape index (κ1) is 17.9. The van der Waals surface area contributed by atoms with Gasteiger partial charge in [-0.1, -0.05) is 28.6 Å². The van der Waals surface area contributed by atoms with Crippen LogP contribution in [-0.4, -0.2) is 27.4 Å². The molecular formula is C14H19BrN2O3S. The van der Waals surface area contributed by atoms with Crippen molar-refractivity contribution in [2.45, 2.75) is 25.2 Å². The van der Waals surface area contributed by atoms with E-state index in [1.807, 2.05) is 13.8 Å². The number of nitrogens with one attached hydrogen (secondary N) is 2. The van der Waals surface area contributed by atoms with Crippen molar-refractivity contribution >= 4 is 31.9 Å². The van der Waals surface area contributed by atoms with Crippen LogP contribution in [0.15, 0.2) is 34.2 Å². The Bertz CT molecular complexity index is 642. The Labute approximate surface area is 134 Å². The smallest absolute Gasteiger partial charge is 0.240 e. The number of hydrogen-bond acceptors (Lipinski definition) is 3. The number of hydrogen-bond donors (Lipinski definition) is 2. The Morgan fingerprint density at radius 3 is 2.52 bits per heavy atom. The lowest BCUT2D eigenvalue weighted by Gasteiger charge is -2.09. The molecule has 2 N–H and O–H groups in total. The van der Waals surface area contributed by atoms with Gasteiger partial charge in [0.25, 0.3) is 0 Å². The van der Waals surface area contributed by atoms with Crippen molar-refractivity contribution in [3.05, 3.63) is 40.4 Å². The van der Waals surface area contributed by atoms with Gasteiger partial charge in [-0.25, -0.2) is 13.1 Å². The maximum absolute atomic E-state index is 12.1. The van der Waals surface area contributed by atoms with Crippen molar-refractivity contribution in [1.29, 1.82) is 0 Å². The largest absolute Gasteiger partial charge is 0.351 e. The maximum Gasteiger partial charge on any atom is 0.240 e. The zero-order chi connectivity index (χ0) is 16.0. The number of halogens is 1. The van der Waals surface area contributed by atoms with Gasteiger partial charge >= 0.3 is 0 Å². The van der Waals surface area contributed by atoms with Crippen molar-refractivity contribution in [3.63, 3.8) is 0 Å². The van der Waals surface area contributed by atoms with Crippen LogP contribution >= 0.6 is 15.9 Å². The molecule has 0 unspecified atom stereocenters. The van der Waals surface area contributed by atoms with Crippen LogP contribution in [0.1, 0.15) is 17.5 Å². The highest BCUT2D eigenvalue weighted by Crippen LogP contribution is 2.14. The van der Waals surface area contributed by atoms with Crippen LogP contribution in [0, 0.1) is 13.8 Å². The second-order valence-electron chi connectivity index (χ2n) is 4.69. The van der Waals surface area contributed by atoms with E-state index in [2.05, 4.69) is 32.5 Å². The van der Waals surface area contributed by atoms with E-state index in [0.29, 0.717) is 11.0 Å². The first-order chi connectivity index (χ1) is 9.72. The van der Waals surface area contributed by atoms with Crippen LogP contribution in [0.5, 0.6) is 0 Å². The van der Waals surface area contributed by atoms with Crippen LogP contribution in [0.4, 0.5) is 0 Å². The number of rotatable bonds is 7. The van der Waals surface area contributed by atoms with Crippen molar-refractivity contribution < 1.29 is 13.2 Å². The first-order valence-electron chi connectivity index (χ1n) is 6.39. The van der Waals surface area contributed by atoms with Gasteiger partial charge < -0.3 is 5.32 Å². The molecule has 0 bridgehead atoms. The molecule has 0 heterocycles. The normalized spacial score (nSPS) is 11.2. The summed E-state index contributed by atoms with van der Waals surface area (Å²) in [5.41, 5.74) is 1.94. The summed E-state index contributed by atoms with van der Waals surface area (Å²) in [4.78, 5) is 11.7. The first-order valence-corrected chi connectivity index (χ1v) is 8.67. The lowest BCUT2D eigenvalue weighted by atomic mass is 10.1. The lowest BCUT2D eigenvalue weighted by molar-refractivity contribution is -0.120. The van der Waals surface area contributed by atoms with Gasteiger partial charge in [-0.15, -0.1) is 0 Å². The van der Waals surface area contributed by atoms with Crippen LogP contribution < -0.4 is 10.0 Å². The van der Waals surface area contributed by atoms with Crippen molar-refractivity contribution in [2.24, 2.45) is 0 Å². The second kappa shape index (κ2) is 7.72. The molecule has 21 heavy (non-hydrogen) atoms. The van der Waals surface area contributed by atoms with E-state index in [-0.39, 0.29) is 23.8 Å². The maximum atomic E-state index is 12.1. The molecule has 0 fully saturated rings. The number of benzene rings is 1. The summed E-state index contributed by atoms with van der Waals surface area (Å²) in [7, 11) is -3.58. The van der Waals surface area contributed by atoms with Gasteiger partial charge in [0.1, 0.15) is 0 Å². The molecule has 1 amide bonds. The van der Waals surface area contributed by atoms with Crippen molar-refractivity contribution in [1.82, 2.24) is 10.0 Å². The molecule has 0 saturated carbocycles. The molecule has 1 aromatic rings. The fraction of sp³-hybridized carbons (Fsp3) is 0.357. The Morgan fingerprint density at radius 1 is 1.29 bits per heavy atom. The third-order valence-electron chi connectivity index (χ3n) is 2.91. The Hall–Kier alpha value is -1.18. The van der Waals surface area contributed by atoms with Gasteiger partial charge in [-0.05, 0) is 37.1 Å². The van der Waals surface area contributed by atoms with Gasteiger partial charge in [0.2, 0.25) is 15.9 Å². The van der Waals surface area contributed by atoms with E-state index in [1.54, 1.807) is 18.2 Å². The van der Waals surface area contributed by atoms with E-state index in [1.165, 1.54) is 0 Å². The lowest BCUT2D eigenvalue weighted by Crippen LogP contribution is -2.31. The minimum Gasteiger partial charge on any atom is -0.351 e. The molecule has 7 heteroatoms. The molecule has 0 aliphatic carbocycles. The minimum atomic E-state index is -3.58. The summed E-state index contributed by atoms with van der Waals surface area (Å²) in [5, 5.41) is 2.60. The van der Waals surface area contributed by atoms with Crippen molar-refractivity contribution in [3.8, 4) is 0 Å². The van der Waals surface area contributed by atoms with Crippen LogP contribution in [0.3, 0.4) is 0 Å². The molecule has 0 radical (unpaired) electrons. The van der Waals surface area contributed by atoms with Gasteiger partial charge in [-0.3, -0.25) is 4.79 Å². The number of carbonyl (C=O) groups excluding carboxylic acids is 1. The summed E-state index contributed by atoms with van der Waals surface area (Å²) >= 11 is 3.13. The van der Waals surface area contributed by atoms with Crippen LogP contribution in [0.2, 0.25) is 0 Å². The zero-order valence-electron chi connectivity index (χ0n) is 12.1. The zero-order valence-corrected chi connectivity index (χ0v) is 14.5. The molecular weight excluding hydrogens is 356 g/mol. The summed E-state index contributed by atoms with van der Waals surface area (Å²) < 4.78 is 27.2. The summed E-state index contributed by atoms with van der Waals surface area (Å²) in [6.07, 6.45) is 0.0738. The van der Waals surface area contributed by atoms with Gasteiger partial charge in [0, 0.05) is 24.0 Å². The Balaban J connectivity index is 2.55. The molecule has 0 aromatic heterocycles. The third kappa shape index (κ3) is 5.99. The summed E-state index contributed by atoms with van der Waals surface area (Å²) in [5.74, 6) is -0.238. The number of amides is 1. The molecule has 0 atom stereocenters. The van der Waals surface area contributed by atoms with Crippen LogP contribution in [0.25, 0.3) is 0 Å². The molecule has 0 spiro atoms. The number of aryl methyl sites for hydroxylation is 2. The predicted octanol–water partition coefficient (Wildman–Crippen LogP) is 2.00. The van der Waals surface area contributed by atoms with Gasteiger partial charge in [0.15, 0.2) is 0 Å². The monoisotopic (exact) mass is 374 g/mol. The minimum absolute atomic E-state index is 0.0514. The quantitative estimate of drug-likeness (QED) is 0.766. The van der Waals surface area contributed by atoms with E-state index in [4.69, 9.17) is 0 Å². The highest BCUT2D eigenvalue weighted by atomic mass is 79.9. The Morgan fingerprint density at radius 2 is 1.95 bits per heavy atom. The summed E-state index contributed by atoms with van der Waals surface area (Å²) in [6.45, 7) is 7.74. The fourth-order valence-electron chi connectivity index (χ4n) is 1.55. The molecule has 5 nitrogen and oxygen atoms in total. The molecule has 116 valence electrons. The molecule has 1 aromatic carbocycles. The molecule has 0 aliphatic rings. The second-order valence-corrected chi connectivity index (χ2v) is 7.58. The predicted molar refractivity (Wildman–Crippen MR) is 86.8 cm³/mol. The summed E-state index contributed by atoms with van der Waals surface area (Å²) in [6, 6.07) is 4.93. The Kier molecular flexibility index (Phi) is 6.57. The van der Waals surface area contributed by atoms with E-state index in [0.717, 1.165) is 11.1 Å². The van der Waals surface area contributed by atoms with Gasteiger partial charge in [-0.2, -0.15) is 0 Å². The van der Waals surface area contributed by atoms with E-state index < -0.39 is 10.0 Å². The fourth-order valence-corrected chi connectivity index (χ4v) is 2.80. The number of sulfonamides is 1. The van der Waals surface area contributed by atoms with E-state index >= 15 is 0 Å². The third-order valence-corrected chi connectivity index (χ3v) is 4.65. The highest BCUT2D eigenvalue weighted by Gasteiger charge is 2.14. The number of carbonyl (C=O) groups is 1. The van der Waals surface area contributed by atoms with Gasteiger partial charge in [0.05, 0.1) is 4.90 Å². The molecule has 0 saturated heterocycles. The molecule has 0 aliphatic heterocycles. The SMILES string of the molecule is C=C(Br)CNC(=O)CCNS(=O)(=O)c1ccc(C)c(C)c1. The highest BCUT2D eigenvalue weighted by molar-refractivity contribution is 9.11. The topological polar surface area (TPSA) is 75.3 Å². The standard InChI is InChI=1S/C14H19BrN2O3S/c1-10-4-5-13(8-11(10)2)21(19,20)17-7-6-14(18)16-9-12(3)15/h4-5,8,17H,3,6-7,9H2,1-2H3,(H,16,18). The van der Waals surface area contributed by atoms with Crippen LogP contribution in [-0.2, 0) is 14.8 Å². The average molecular weight is 375 g/mol.